The van der Waals surface area contributed by atoms with E-state index in [1.54, 1.807) is 0 Å². The Morgan fingerprint density at radius 3 is 2.18 bits per heavy atom. The second kappa shape index (κ2) is 15.5. The van der Waals surface area contributed by atoms with E-state index < -0.39 is 37.3 Å². The summed E-state index contributed by atoms with van der Waals surface area (Å²) in [5, 5.41) is 41.8. The number of ether oxygens (including phenoxy) is 3. The van der Waals surface area contributed by atoms with Crippen LogP contribution in [-0.4, -0.2) is 84.5 Å². The maximum Gasteiger partial charge on any atom is 0.186 e. The van der Waals surface area contributed by atoms with Gasteiger partial charge in [0, 0.05) is 6.54 Å². The zero-order chi connectivity index (χ0) is 21.5. The fourth-order valence-electron chi connectivity index (χ4n) is 2.20. The second-order valence-electron chi connectivity index (χ2n) is 5.65. The predicted molar refractivity (Wildman–Crippen MR) is 106 cm³/mol. The van der Waals surface area contributed by atoms with Crippen LogP contribution in [0.4, 0.5) is 0 Å². The number of aromatic hydroxyl groups is 1. The number of nitrogens with one attached hydrogen (secondary N) is 1. The first-order valence-electron chi connectivity index (χ1n) is 9.52. The molecule has 1 saturated heterocycles. The summed E-state index contributed by atoms with van der Waals surface area (Å²) in [6.45, 7) is 7.10. The van der Waals surface area contributed by atoms with Gasteiger partial charge in [-0.1, -0.05) is 20.8 Å². The van der Waals surface area contributed by atoms with Gasteiger partial charge in [-0.2, -0.15) is 0 Å². The maximum atomic E-state index is 10.2. The van der Waals surface area contributed by atoms with Crippen molar-refractivity contribution in [3.8, 4) is 11.5 Å². The standard InChI is InChI=1S/C14H21NO7.C3H9N.C2H6/c15-5-6-20-14-12(19)11(18)13(10(7-16)22-14)21-9-3-1-8(17)2-4-9;1-3-4-2;1-2/h1-4,10-14,16-19H,5-7,15H2;4H,3H2,1-2H3;1-2H3. The van der Waals surface area contributed by atoms with E-state index in [0.29, 0.717) is 5.75 Å². The molecule has 2 rings (SSSR count). The van der Waals surface area contributed by atoms with E-state index in [1.807, 2.05) is 20.9 Å². The van der Waals surface area contributed by atoms with Crippen LogP contribution in [0.15, 0.2) is 24.3 Å². The molecule has 0 aliphatic carbocycles. The minimum absolute atomic E-state index is 0.0711. The maximum absolute atomic E-state index is 10.2. The molecule has 5 atom stereocenters. The van der Waals surface area contributed by atoms with Crippen LogP contribution >= 0.6 is 0 Å². The molecule has 28 heavy (non-hydrogen) atoms. The fraction of sp³-hybridized carbons (Fsp3) is 0.684. The summed E-state index contributed by atoms with van der Waals surface area (Å²) < 4.78 is 16.2. The van der Waals surface area contributed by atoms with Gasteiger partial charge in [0.1, 0.15) is 29.8 Å². The van der Waals surface area contributed by atoms with E-state index in [4.69, 9.17) is 19.9 Å². The molecular formula is C19H36N2O7. The molecule has 164 valence electrons. The Bertz CT molecular complexity index is 486. The van der Waals surface area contributed by atoms with Gasteiger partial charge in [0.15, 0.2) is 12.4 Å². The highest BCUT2D eigenvalue weighted by Crippen LogP contribution is 2.27. The van der Waals surface area contributed by atoms with Crippen LogP contribution in [0.1, 0.15) is 20.8 Å². The van der Waals surface area contributed by atoms with Crippen molar-refractivity contribution in [2.24, 2.45) is 5.73 Å². The number of phenols is 1. The molecule has 0 bridgehead atoms. The van der Waals surface area contributed by atoms with E-state index in [-0.39, 0.29) is 18.9 Å². The molecule has 0 aromatic heterocycles. The van der Waals surface area contributed by atoms with Crippen LogP contribution in [0, 0.1) is 0 Å². The number of hydrogen-bond donors (Lipinski definition) is 6. The smallest absolute Gasteiger partial charge is 0.186 e. The molecule has 9 nitrogen and oxygen atoms in total. The average molecular weight is 405 g/mol. The van der Waals surface area contributed by atoms with Crippen LogP contribution in [0.5, 0.6) is 11.5 Å². The number of aliphatic hydroxyl groups is 3. The Morgan fingerprint density at radius 1 is 1.14 bits per heavy atom. The lowest BCUT2D eigenvalue weighted by Gasteiger charge is -2.41. The highest BCUT2D eigenvalue weighted by molar-refractivity contribution is 5.30. The van der Waals surface area contributed by atoms with Crippen molar-refractivity contribution in [1.29, 1.82) is 0 Å². The molecule has 1 aromatic rings. The van der Waals surface area contributed by atoms with Crippen LogP contribution in [0.2, 0.25) is 0 Å². The molecule has 0 spiro atoms. The zero-order valence-electron chi connectivity index (χ0n) is 17.1. The highest BCUT2D eigenvalue weighted by atomic mass is 16.7. The SMILES string of the molecule is CC.CCNC.NCCOC1OC(CO)C(Oc2ccc(O)cc2)C(O)C1O. The van der Waals surface area contributed by atoms with Crippen molar-refractivity contribution in [1.82, 2.24) is 5.32 Å². The van der Waals surface area contributed by atoms with Crippen LogP contribution in [0.3, 0.4) is 0 Å². The molecule has 0 radical (unpaired) electrons. The van der Waals surface area contributed by atoms with E-state index in [9.17, 15) is 20.4 Å². The molecule has 1 heterocycles. The van der Waals surface area contributed by atoms with Gasteiger partial charge in [0.2, 0.25) is 0 Å². The van der Waals surface area contributed by atoms with Crippen molar-refractivity contribution in [3.05, 3.63) is 24.3 Å². The van der Waals surface area contributed by atoms with Crippen molar-refractivity contribution >= 4 is 0 Å². The van der Waals surface area contributed by atoms with Crippen LogP contribution in [0.25, 0.3) is 0 Å². The molecule has 7 N–H and O–H groups in total. The minimum Gasteiger partial charge on any atom is -0.508 e. The van der Waals surface area contributed by atoms with Crippen molar-refractivity contribution < 1.29 is 34.6 Å². The topological polar surface area (TPSA) is 147 Å². The third-order valence-corrected chi connectivity index (χ3v) is 3.68. The molecule has 0 saturated carbocycles. The largest absolute Gasteiger partial charge is 0.508 e. The first-order valence-corrected chi connectivity index (χ1v) is 9.52. The number of phenolic OH excluding ortho intramolecular Hbond substituents is 1. The normalized spacial score (nSPS) is 26.4. The van der Waals surface area contributed by atoms with Gasteiger partial charge < -0.3 is 45.7 Å². The summed E-state index contributed by atoms with van der Waals surface area (Å²) in [5.41, 5.74) is 5.32. The van der Waals surface area contributed by atoms with Gasteiger partial charge >= 0.3 is 0 Å². The molecule has 1 aromatic carbocycles. The summed E-state index contributed by atoms with van der Waals surface area (Å²) in [4.78, 5) is 0. The summed E-state index contributed by atoms with van der Waals surface area (Å²) in [6.07, 6.45) is -5.61. The molecule has 5 unspecified atom stereocenters. The first kappa shape index (κ1) is 26.5. The molecule has 1 aliphatic heterocycles. The van der Waals surface area contributed by atoms with Crippen molar-refractivity contribution in [3.63, 3.8) is 0 Å². The van der Waals surface area contributed by atoms with Crippen LogP contribution < -0.4 is 15.8 Å². The third kappa shape index (κ3) is 8.70. The molecule has 1 aliphatic rings. The average Bonchev–Trinajstić information content (AvgIpc) is 2.74. The second-order valence-corrected chi connectivity index (χ2v) is 5.65. The van der Waals surface area contributed by atoms with Gasteiger partial charge in [0.25, 0.3) is 0 Å². The van der Waals surface area contributed by atoms with Crippen molar-refractivity contribution in [2.75, 3.05) is 33.4 Å². The third-order valence-electron chi connectivity index (χ3n) is 3.68. The lowest BCUT2D eigenvalue weighted by atomic mass is 9.99. The number of nitrogens with two attached hydrogens (primary N) is 1. The van der Waals surface area contributed by atoms with E-state index in [0.717, 1.165) is 6.54 Å². The molecule has 1 fully saturated rings. The zero-order valence-corrected chi connectivity index (χ0v) is 17.1. The lowest BCUT2D eigenvalue weighted by molar-refractivity contribution is -0.296. The van der Waals surface area contributed by atoms with E-state index >= 15 is 0 Å². The Balaban J connectivity index is 0.00000108. The van der Waals surface area contributed by atoms with Gasteiger partial charge in [-0.25, -0.2) is 0 Å². The number of aliphatic hydroxyl groups excluding tert-OH is 3. The Kier molecular flexibility index (Phi) is 14.7. The first-order chi connectivity index (χ1) is 13.5. The lowest BCUT2D eigenvalue weighted by Crippen LogP contribution is -2.61. The fourth-order valence-corrected chi connectivity index (χ4v) is 2.20. The summed E-state index contributed by atoms with van der Waals surface area (Å²) in [7, 11) is 1.93. The molecular weight excluding hydrogens is 368 g/mol. The van der Waals surface area contributed by atoms with Gasteiger partial charge in [0.05, 0.1) is 13.2 Å². The van der Waals surface area contributed by atoms with Gasteiger partial charge in [-0.15, -0.1) is 0 Å². The highest BCUT2D eigenvalue weighted by Gasteiger charge is 2.46. The predicted octanol–water partition coefficient (Wildman–Crippen LogP) is -0.194. The minimum atomic E-state index is -1.34. The number of rotatable bonds is 7. The van der Waals surface area contributed by atoms with Crippen LogP contribution in [-0.2, 0) is 9.47 Å². The molecule has 0 amide bonds. The monoisotopic (exact) mass is 404 g/mol. The Hall–Kier alpha value is -1.46. The van der Waals surface area contributed by atoms with E-state index in [2.05, 4.69) is 12.2 Å². The van der Waals surface area contributed by atoms with Crippen molar-refractivity contribution in [2.45, 2.75) is 51.5 Å². The van der Waals surface area contributed by atoms with Gasteiger partial charge in [-0.3, -0.25) is 0 Å². The van der Waals surface area contributed by atoms with E-state index in [1.165, 1.54) is 24.3 Å². The summed E-state index contributed by atoms with van der Waals surface area (Å²) >= 11 is 0. The number of benzene rings is 1. The Labute approximate surface area is 167 Å². The molecule has 9 heteroatoms. The number of hydrogen-bond acceptors (Lipinski definition) is 9. The van der Waals surface area contributed by atoms with Gasteiger partial charge in [-0.05, 0) is 37.9 Å². The Morgan fingerprint density at radius 2 is 1.71 bits per heavy atom. The summed E-state index contributed by atoms with van der Waals surface area (Å²) in [5.74, 6) is 0.430. The summed E-state index contributed by atoms with van der Waals surface area (Å²) in [6, 6.07) is 5.84. The quantitative estimate of drug-likeness (QED) is 0.364.